The molecule has 0 saturated carbocycles. The summed E-state index contributed by atoms with van der Waals surface area (Å²) in [4.78, 5) is 14.7. The third-order valence-electron chi connectivity index (χ3n) is 6.82. The Kier molecular flexibility index (Phi) is 5.89. The lowest BCUT2D eigenvalue weighted by Crippen LogP contribution is -2.68. The Morgan fingerprint density at radius 2 is 2.00 bits per heavy atom. The second-order valence-corrected chi connectivity index (χ2v) is 11.0. The molecule has 1 saturated heterocycles. The largest absolute Gasteiger partial charge is 0.497 e. The predicted octanol–water partition coefficient (Wildman–Crippen LogP) is 1.56. The molecule has 9 nitrogen and oxygen atoms in total. The van der Waals surface area contributed by atoms with Crippen LogP contribution in [0.3, 0.4) is 0 Å². The maximum atomic E-state index is 13.1. The third-order valence-corrected chi connectivity index (χ3v) is 8.60. The van der Waals surface area contributed by atoms with Gasteiger partial charge in [-0.2, -0.15) is 4.31 Å². The van der Waals surface area contributed by atoms with Gasteiger partial charge in [0, 0.05) is 55.8 Å². The SMILES string of the molecule is CCCNC(=O)N1CC2(CN(S(=O)(=O)CC)C2)c2c(n(C)c3cc(OC)ccc23)[C@H]1CO. The van der Waals surface area contributed by atoms with E-state index in [4.69, 9.17) is 4.74 Å². The van der Waals surface area contributed by atoms with Gasteiger partial charge in [-0.05, 0) is 31.0 Å². The molecule has 1 fully saturated rings. The quantitative estimate of drug-likeness (QED) is 0.675. The van der Waals surface area contributed by atoms with Crippen LogP contribution in [0, 0.1) is 0 Å². The predicted molar refractivity (Wildman–Crippen MR) is 122 cm³/mol. The fourth-order valence-corrected chi connectivity index (χ4v) is 6.42. The first-order chi connectivity index (χ1) is 15.2. The van der Waals surface area contributed by atoms with Crippen molar-refractivity contribution in [2.75, 3.05) is 45.6 Å². The minimum atomic E-state index is -3.33. The van der Waals surface area contributed by atoms with E-state index in [9.17, 15) is 18.3 Å². The van der Waals surface area contributed by atoms with Crippen LogP contribution in [0.5, 0.6) is 5.75 Å². The molecule has 1 aromatic heterocycles. The highest BCUT2D eigenvalue weighted by Gasteiger charge is 2.56. The summed E-state index contributed by atoms with van der Waals surface area (Å²) in [6, 6.07) is 5.07. The molecule has 0 bridgehead atoms. The van der Waals surface area contributed by atoms with Gasteiger partial charge in [0.05, 0.1) is 31.0 Å². The molecule has 0 aliphatic carbocycles. The molecular weight excluding hydrogens is 432 g/mol. The monoisotopic (exact) mass is 464 g/mol. The van der Waals surface area contributed by atoms with Gasteiger partial charge in [0.1, 0.15) is 5.75 Å². The van der Waals surface area contributed by atoms with Crippen molar-refractivity contribution in [3.8, 4) is 5.75 Å². The van der Waals surface area contributed by atoms with E-state index in [0.29, 0.717) is 31.9 Å². The number of methoxy groups -OCH3 is 1. The number of nitrogens with zero attached hydrogens (tertiary/aromatic N) is 3. The van der Waals surface area contributed by atoms with Crippen LogP contribution in [0.25, 0.3) is 10.9 Å². The number of carbonyl (C=O) groups is 1. The highest BCUT2D eigenvalue weighted by molar-refractivity contribution is 7.89. The number of hydrogen-bond acceptors (Lipinski definition) is 5. The molecule has 1 atom stereocenters. The molecule has 4 rings (SSSR count). The number of nitrogens with one attached hydrogen (secondary N) is 1. The van der Waals surface area contributed by atoms with Crippen molar-refractivity contribution in [3.63, 3.8) is 0 Å². The number of carbonyl (C=O) groups excluding carboxylic acids is 1. The molecule has 0 radical (unpaired) electrons. The molecule has 2 aliphatic heterocycles. The maximum absolute atomic E-state index is 13.1. The number of aliphatic hydroxyl groups is 1. The van der Waals surface area contributed by atoms with Crippen LogP contribution in [0.1, 0.15) is 37.6 Å². The normalized spacial score (nSPS) is 20.3. The van der Waals surface area contributed by atoms with Crippen LogP contribution >= 0.6 is 0 Å². The van der Waals surface area contributed by atoms with Crippen molar-refractivity contribution >= 4 is 27.0 Å². The summed E-state index contributed by atoms with van der Waals surface area (Å²) in [6.07, 6.45) is 0.802. The Balaban J connectivity index is 1.88. The zero-order chi connectivity index (χ0) is 23.3. The second-order valence-electron chi connectivity index (χ2n) is 8.71. The minimum Gasteiger partial charge on any atom is -0.497 e. The van der Waals surface area contributed by atoms with Crippen molar-refractivity contribution in [2.45, 2.75) is 31.7 Å². The number of amides is 2. The van der Waals surface area contributed by atoms with Crippen molar-refractivity contribution < 1.29 is 23.1 Å². The van der Waals surface area contributed by atoms with Crippen molar-refractivity contribution in [1.29, 1.82) is 0 Å². The molecule has 1 aromatic carbocycles. The molecule has 176 valence electrons. The first-order valence-electron chi connectivity index (χ1n) is 11.0. The smallest absolute Gasteiger partial charge is 0.318 e. The number of ether oxygens (including phenoxy) is 1. The second kappa shape index (κ2) is 8.24. The Hall–Kier alpha value is -2.30. The van der Waals surface area contributed by atoms with Crippen LogP contribution in [-0.2, 0) is 22.5 Å². The number of aryl methyl sites for hydroxylation is 1. The lowest BCUT2D eigenvalue weighted by molar-refractivity contribution is 0.0495. The van der Waals surface area contributed by atoms with Gasteiger partial charge < -0.3 is 24.6 Å². The van der Waals surface area contributed by atoms with Crippen LogP contribution in [0.4, 0.5) is 4.79 Å². The number of hydrogen-bond donors (Lipinski definition) is 2. The lowest BCUT2D eigenvalue weighted by Gasteiger charge is -2.55. The summed E-state index contributed by atoms with van der Waals surface area (Å²) in [5.74, 6) is 0.759. The molecule has 10 heteroatoms. The van der Waals surface area contributed by atoms with Gasteiger partial charge in [0.25, 0.3) is 0 Å². The fourth-order valence-electron chi connectivity index (χ4n) is 5.17. The Labute approximate surface area is 189 Å². The number of fused-ring (bicyclic) bond motifs is 4. The van der Waals surface area contributed by atoms with Gasteiger partial charge in [-0.3, -0.25) is 0 Å². The van der Waals surface area contributed by atoms with Crippen LogP contribution in [-0.4, -0.2) is 79.0 Å². The molecule has 2 N–H and O–H groups in total. The third kappa shape index (κ3) is 3.36. The van der Waals surface area contributed by atoms with Gasteiger partial charge in [-0.15, -0.1) is 0 Å². The highest BCUT2D eigenvalue weighted by Crippen LogP contribution is 2.50. The van der Waals surface area contributed by atoms with E-state index in [1.54, 1.807) is 18.9 Å². The van der Waals surface area contributed by atoms with Crippen LogP contribution < -0.4 is 10.1 Å². The van der Waals surface area contributed by atoms with E-state index in [2.05, 4.69) is 5.32 Å². The zero-order valence-electron chi connectivity index (χ0n) is 19.1. The van der Waals surface area contributed by atoms with Gasteiger partial charge >= 0.3 is 6.03 Å². The molecule has 2 aliphatic rings. The number of urea groups is 1. The first kappa shape index (κ1) is 22.9. The molecule has 0 unspecified atom stereocenters. The number of aromatic nitrogens is 1. The van der Waals surface area contributed by atoms with Gasteiger partial charge in [0.15, 0.2) is 0 Å². The first-order valence-corrected chi connectivity index (χ1v) is 12.6. The zero-order valence-corrected chi connectivity index (χ0v) is 19.9. The number of benzene rings is 1. The minimum absolute atomic E-state index is 0.0443. The molecule has 2 aromatic rings. The summed E-state index contributed by atoms with van der Waals surface area (Å²) < 4.78 is 34.0. The van der Waals surface area contributed by atoms with E-state index in [-0.39, 0.29) is 18.4 Å². The lowest BCUT2D eigenvalue weighted by atomic mass is 9.70. The summed E-state index contributed by atoms with van der Waals surface area (Å²) in [5.41, 5.74) is 2.28. The summed E-state index contributed by atoms with van der Waals surface area (Å²) in [6.45, 7) is 4.92. The average Bonchev–Trinajstić information content (AvgIpc) is 3.07. The van der Waals surface area contributed by atoms with Gasteiger partial charge in [-0.1, -0.05) is 6.92 Å². The summed E-state index contributed by atoms with van der Waals surface area (Å²) in [5, 5.41) is 14.3. The van der Waals surface area contributed by atoms with Crippen molar-refractivity contribution in [3.05, 3.63) is 29.5 Å². The van der Waals surface area contributed by atoms with Crippen molar-refractivity contribution in [1.82, 2.24) is 19.1 Å². The standard InChI is InChI=1S/C22H32N4O5S/c1-5-9-23-21(28)26-14-22(12-25(13-22)32(29,30)6-2)19-16-8-7-15(31-4)10-17(16)24(3)20(19)18(26)11-27/h7-8,10,18,27H,5-6,9,11-14H2,1-4H3,(H,23,28)/t18-/m1/s1. The van der Waals surface area contributed by atoms with Gasteiger partial charge in [0.2, 0.25) is 10.0 Å². The van der Waals surface area contributed by atoms with Crippen LogP contribution in [0.2, 0.25) is 0 Å². The van der Waals surface area contributed by atoms with E-state index in [1.807, 2.05) is 36.7 Å². The Bertz CT molecular complexity index is 1140. The fraction of sp³-hybridized carbons (Fsp3) is 0.591. The molecule has 1 spiro atoms. The number of rotatable bonds is 6. The van der Waals surface area contributed by atoms with Crippen molar-refractivity contribution in [2.24, 2.45) is 7.05 Å². The maximum Gasteiger partial charge on any atom is 0.318 e. The molecule has 2 amide bonds. The molecule has 3 heterocycles. The van der Waals surface area contributed by atoms with E-state index in [0.717, 1.165) is 28.6 Å². The number of aliphatic hydroxyl groups excluding tert-OH is 1. The Morgan fingerprint density at radius 3 is 2.59 bits per heavy atom. The topological polar surface area (TPSA) is 104 Å². The van der Waals surface area contributed by atoms with Crippen LogP contribution in [0.15, 0.2) is 18.2 Å². The van der Waals surface area contributed by atoms with E-state index in [1.165, 1.54) is 4.31 Å². The highest BCUT2D eigenvalue weighted by atomic mass is 32.2. The molecule has 32 heavy (non-hydrogen) atoms. The van der Waals surface area contributed by atoms with Gasteiger partial charge in [-0.25, -0.2) is 13.2 Å². The Morgan fingerprint density at radius 1 is 1.28 bits per heavy atom. The van der Waals surface area contributed by atoms with E-state index >= 15 is 0 Å². The molecular formula is C22H32N4O5S. The summed E-state index contributed by atoms with van der Waals surface area (Å²) in [7, 11) is 0.203. The average molecular weight is 465 g/mol. The summed E-state index contributed by atoms with van der Waals surface area (Å²) >= 11 is 0. The number of sulfonamides is 1. The van der Waals surface area contributed by atoms with E-state index < -0.39 is 21.5 Å².